The van der Waals surface area contributed by atoms with Crippen molar-refractivity contribution in [1.29, 1.82) is 0 Å². The Balaban J connectivity index is 2.26. The smallest absolute Gasteiger partial charge is 0.248 e. The van der Waals surface area contributed by atoms with Crippen LogP contribution in [0.15, 0.2) is 36.4 Å². The molecule has 0 saturated carbocycles. The van der Waals surface area contributed by atoms with Gasteiger partial charge in [0, 0.05) is 11.8 Å². The Morgan fingerprint density at radius 2 is 1.67 bits per heavy atom. The van der Waals surface area contributed by atoms with Crippen molar-refractivity contribution in [3.8, 4) is 17.2 Å². The van der Waals surface area contributed by atoms with Gasteiger partial charge in [0.25, 0.3) is 0 Å². The Morgan fingerprint density at radius 1 is 1.04 bits per heavy atom. The molecule has 0 heterocycles. The zero-order valence-corrected chi connectivity index (χ0v) is 16.8. The van der Waals surface area contributed by atoms with E-state index in [-0.39, 0.29) is 5.91 Å². The van der Waals surface area contributed by atoms with E-state index in [1.807, 2.05) is 25.1 Å². The lowest BCUT2D eigenvalue weighted by Crippen LogP contribution is -2.11. The van der Waals surface area contributed by atoms with Gasteiger partial charge in [-0.3, -0.25) is 4.79 Å². The number of methoxy groups -OCH3 is 3. The number of hydrogen-bond acceptors (Lipinski definition) is 4. The molecule has 0 spiro atoms. The van der Waals surface area contributed by atoms with Crippen molar-refractivity contribution in [2.24, 2.45) is 0 Å². The maximum Gasteiger partial charge on any atom is 0.248 e. The maximum atomic E-state index is 12.5. The highest BCUT2D eigenvalue weighted by molar-refractivity contribution is 6.03. The van der Waals surface area contributed by atoms with Crippen LogP contribution in [0.25, 0.3) is 6.08 Å². The Kier molecular flexibility index (Phi) is 6.88. The summed E-state index contributed by atoms with van der Waals surface area (Å²) in [5.41, 5.74) is 3.79. The van der Waals surface area contributed by atoms with Crippen molar-refractivity contribution in [2.75, 3.05) is 26.6 Å². The summed E-state index contributed by atoms with van der Waals surface area (Å²) >= 11 is 0. The predicted octanol–water partition coefficient (Wildman–Crippen LogP) is 4.80. The number of benzene rings is 2. The Bertz CT molecular complexity index is 815. The van der Waals surface area contributed by atoms with E-state index in [2.05, 4.69) is 19.2 Å². The molecule has 0 bridgehead atoms. The van der Waals surface area contributed by atoms with Crippen molar-refractivity contribution in [3.05, 3.63) is 53.1 Å². The predicted molar refractivity (Wildman–Crippen MR) is 109 cm³/mol. The fourth-order valence-corrected chi connectivity index (χ4v) is 2.88. The summed E-state index contributed by atoms with van der Waals surface area (Å²) in [7, 11) is 4.67. The number of para-hydroxylation sites is 1. The Labute approximate surface area is 161 Å². The van der Waals surface area contributed by atoms with Gasteiger partial charge >= 0.3 is 0 Å². The molecule has 2 aromatic rings. The number of carbonyl (C=O) groups is 1. The second-order valence-corrected chi connectivity index (χ2v) is 6.48. The Hall–Kier alpha value is -2.95. The number of rotatable bonds is 7. The van der Waals surface area contributed by atoms with Gasteiger partial charge in [0.2, 0.25) is 11.7 Å². The molecule has 0 atom stereocenters. The van der Waals surface area contributed by atoms with E-state index in [0.717, 1.165) is 22.4 Å². The fraction of sp³-hybridized carbons (Fsp3) is 0.318. The highest BCUT2D eigenvalue weighted by Gasteiger charge is 2.13. The first-order valence-corrected chi connectivity index (χ1v) is 8.79. The first-order chi connectivity index (χ1) is 12.9. The summed E-state index contributed by atoms with van der Waals surface area (Å²) in [6.07, 6.45) is 3.21. The molecule has 5 heteroatoms. The summed E-state index contributed by atoms with van der Waals surface area (Å²) in [6.45, 7) is 6.21. The van der Waals surface area contributed by atoms with Crippen molar-refractivity contribution in [3.63, 3.8) is 0 Å². The average molecular weight is 369 g/mol. The lowest BCUT2D eigenvalue weighted by molar-refractivity contribution is -0.111. The van der Waals surface area contributed by atoms with Crippen LogP contribution in [-0.4, -0.2) is 27.2 Å². The highest BCUT2D eigenvalue weighted by Crippen LogP contribution is 2.38. The van der Waals surface area contributed by atoms with Gasteiger partial charge in [0.05, 0.1) is 21.3 Å². The van der Waals surface area contributed by atoms with Crippen LogP contribution in [0.4, 0.5) is 5.69 Å². The third-order valence-corrected chi connectivity index (χ3v) is 4.29. The van der Waals surface area contributed by atoms with Gasteiger partial charge in [-0.25, -0.2) is 0 Å². The number of nitrogens with one attached hydrogen (secondary N) is 1. The van der Waals surface area contributed by atoms with Crippen LogP contribution in [-0.2, 0) is 4.79 Å². The zero-order valence-electron chi connectivity index (χ0n) is 16.8. The molecule has 5 nitrogen and oxygen atoms in total. The topological polar surface area (TPSA) is 56.8 Å². The number of ether oxygens (including phenoxy) is 3. The van der Waals surface area contributed by atoms with Crippen LogP contribution in [0.3, 0.4) is 0 Å². The zero-order chi connectivity index (χ0) is 20.0. The summed E-state index contributed by atoms with van der Waals surface area (Å²) in [6, 6.07) is 9.61. The molecule has 27 heavy (non-hydrogen) atoms. The highest BCUT2D eigenvalue weighted by atomic mass is 16.5. The maximum absolute atomic E-state index is 12.5. The molecule has 0 aromatic heterocycles. The molecule has 0 fully saturated rings. The quantitative estimate of drug-likeness (QED) is 0.713. The van der Waals surface area contributed by atoms with Gasteiger partial charge in [-0.1, -0.05) is 32.0 Å². The van der Waals surface area contributed by atoms with Gasteiger partial charge in [0.15, 0.2) is 11.5 Å². The molecule has 0 radical (unpaired) electrons. The molecule has 0 aliphatic carbocycles. The van der Waals surface area contributed by atoms with E-state index in [9.17, 15) is 4.79 Å². The van der Waals surface area contributed by atoms with Gasteiger partial charge < -0.3 is 19.5 Å². The number of anilines is 1. The molecule has 144 valence electrons. The van der Waals surface area contributed by atoms with Crippen molar-refractivity contribution in [2.45, 2.75) is 26.7 Å². The van der Waals surface area contributed by atoms with E-state index < -0.39 is 0 Å². The van der Waals surface area contributed by atoms with E-state index in [0.29, 0.717) is 23.2 Å². The fourth-order valence-electron chi connectivity index (χ4n) is 2.88. The molecular weight excluding hydrogens is 342 g/mol. The standard InChI is InChI=1S/C22H27NO4/c1-14(2)17-9-7-8-15(3)21(17)23-20(24)11-10-16-12-18(25-4)22(27-6)19(13-16)26-5/h7-14H,1-6H3,(H,23,24)/b11-10+. The number of aryl methyl sites for hydroxylation is 1. The van der Waals surface area contributed by atoms with Crippen LogP contribution in [0.5, 0.6) is 17.2 Å². The Morgan fingerprint density at radius 3 is 2.19 bits per heavy atom. The van der Waals surface area contributed by atoms with Crippen LogP contribution in [0.1, 0.15) is 36.5 Å². The molecule has 0 unspecified atom stereocenters. The molecule has 0 aliphatic rings. The van der Waals surface area contributed by atoms with Crippen LogP contribution in [0, 0.1) is 6.92 Å². The lowest BCUT2D eigenvalue weighted by Gasteiger charge is -2.15. The molecule has 0 aliphatic heterocycles. The molecular formula is C22H27NO4. The minimum atomic E-state index is -0.194. The molecule has 1 N–H and O–H groups in total. The lowest BCUT2D eigenvalue weighted by atomic mass is 9.98. The number of hydrogen-bond donors (Lipinski definition) is 1. The first kappa shape index (κ1) is 20.4. The molecule has 0 saturated heterocycles. The second-order valence-electron chi connectivity index (χ2n) is 6.48. The van der Waals surface area contributed by atoms with Crippen molar-refractivity contribution in [1.82, 2.24) is 0 Å². The summed E-state index contributed by atoms with van der Waals surface area (Å²) in [5.74, 6) is 1.72. The molecule has 2 aromatic carbocycles. The minimum Gasteiger partial charge on any atom is -0.493 e. The monoisotopic (exact) mass is 369 g/mol. The van der Waals surface area contributed by atoms with Gasteiger partial charge in [-0.15, -0.1) is 0 Å². The van der Waals surface area contributed by atoms with Crippen LogP contribution < -0.4 is 19.5 Å². The van der Waals surface area contributed by atoms with Crippen molar-refractivity contribution < 1.29 is 19.0 Å². The molecule has 1 amide bonds. The van der Waals surface area contributed by atoms with E-state index in [1.54, 1.807) is 39.5 Å². The first-order valence-electron chi connectivity index (χ1n) is 8.79. The van der Waals surface area contributed by atoms with E-state index >= 15 is 0 Å². The van der Waals surface area contributed by atoms with Gasteiger partial charge in [-0.2, -0.15) is 0 Å². The second kappa shape index (κ2) is 9.12. The summed E-state index contributed by atoms with van der Waals surface area (Å²) in [4.78, 5) is 12.5. The number of amides is 1. The van der Waals surface area contributed by atoms with E-state index in [4.69, 9.17) is 14.2 Å². The summed E-state index contributed by atoms with van der Waals surface area (Å²) < 4.78 is 16.0. The third kappa shape index (κ3) is 4.82. The van der Waals surface area contributed by atoms with Crippen molar-refractivity contribution >= 4 is 17.7 Å². The normalized spacial score (nSPS) is 10.9. The summed E-state index contributed by atoms with van der Waals surface area (Å²) in [5, 5.41) is 3.00. The average Bonchev–Trinajstić information content (AvgIpc) is 2.66. The largest absolute Gasteiger partial charge is 0.493 e. The SMILES string of the molecule is COc1cc(/C=C/C(=O)Nc2c(C)cccc2C(C)C)cc(OC)c1OC. The molecule has 2 rings (SSSR count). The van der Waals surface area contributed by atoms with Crippen LogP contribution >= 0.6 is 0 Å². The minimum absolute atomic E-state index is 0.194. The number of carbonyl (C=O) groups excluding carboxylic acids is 1. The van der Waals surface area contributed by atoms with Crippen LogP contribution in [0.2, 0.25) is 0 Å². The van der Waals surface area contributed by atoms with Gasteiger partial charge in [0.1, 0.15) is 0 Å². The van der Waals surface area contributed by atoms with Gasteiger partial charge in [-0.05, 0) is 47.7 Å². The van der Waals surface area contributed by atoms with E-state index in [1.165, 1.54) is 6.08 Å². The third-order valence-electron chi connectivity index (χ3n) is 4.29.